The highest BCUT2D eigenvalue weighted by Crippen LogP contribution is 2.45. The van der Waals surface area contributed by atoms with Crippen LogP contribution < -0.4 is 14.2 Å². The normalized spacial score (nSPS) is 24.0. The molecule has 5 aliphatic heterocycles. The van der Waals surface area contributed by atoms with E-state index in [9.17, 15) is 9.59 Å². The number of piperazine rings is 2. The first-order valence-electron chi connectivity index (χ1n) is 18.4. The van der Waals surface area contributed by atoms with Crippen LogP contribution in [0.2, 0.25) is 0 Å². The molecule has 266 valence electrons. The summed E-state index contributed by atoms with van der Waals surface area (Å²) in [7, 11) is 2.19. The molecule has 2 amide bonds. The van der Waals surface area contributed by atoms with Gasteiger partial charge in [0.05, 0.1) is 12.6 Å². The Morgan fingerprint density at radius 2 is 1.73 bits per heavy atom. The Kier molecular flexibility index (Phi) is 8.57. The van der Waals surface area contributed by atoms with Gasteiger partial charge in [-0.15, -0.1) is 0 Å². The number of hydrogen-bond donors (Lipinski definition) is 1. The van der Waals surface area contributed by atoms with E-state index in [1.807, 2.05) is 40.1 Å². The van der Waals surface area contributed by atoms with Crippen LogP contribution in [0.4, 0.5) is 0 Å². The number of likely N-dealkylation sites (N-methyl/N-ethyl adjacent to an activating group) is 1. The van der Waals surface area contributed by atoms with Crippen molar-refractivity contribution in [2.24, 2.45) is 0 Å². The van der Waals surface area contributed by atoms with E-state index in [0.717, 1.165) is 105 Å². The molecule has 9 rings (SSSR count). The van der Waals surface area contributed by atoms with Gasteiger partial charge in [0, 0.05) is 81.4 Å². The van der Waals surface area contributed by atoms with Crippen molar-refractivity contribution in [1.82, 2.24) is 29.5 Å². The summed E-state index contributed by atoms with van der Waals surface area (Å²) in [5, 5.41) is 1.10. The lowest BCUT2D eigenvalue weighted by molar-refractivity contribution is -0.160. The predicted octanol–water partition coefficient (Wildman–Crippen LogP) is 3.87. The van der Waals surface area contributed by atoms with Gasteiger partial charge in [-0.3, -0.25) is 14.5 Å². The second-order valence-corrected chi connectivity index (χ2v) is 14.7. The lowest BCUT2D eigenvalue weighted by Gasteiger charge is -2.48. The number of aromatic nitrogens is 1. The SMILES string of the molecule is CN1CCN(CCCOc2ccc(CN3CC[C@@H](N4CC(=O)N5[C@H](c6ccc7c(c6)OCO7)c6[nH]c7ccccc7c6C[C@@H]5C4=O)C3)cc2)CC1. The average molecular weight is 691 g/mol. The number of likely N-dealkylation sites (tertiary alicyclic amines) is 1. The van der Waals surface area contributed by atoms with E-state index in [-0.39, 0.29) is 31.2 Å². The molecule has 3 fully saturated rings. The van der Waals surface area contributed by atoms with Gasteiger partial charge >= 0.3 is 0 Å². The van der Waals surface area contributed by atoms with E-state index < -0.39 is 12.1 Å². The number of carbonyl (C=O) groups excluding carboxylic acids is 2. The van der Waals surface area contributed by atoms with Crippen LogP contribution in [-0.4, -0.2) is 126 Å². The molecule has 0 aliphatic carbocycles. The van der Waals surface area contributed by atoms with Crippen LogP contribution in [0.25, 0.3) is 10.9 Å². The molecule has 3 aromatic carbocycles. The summed E-state index contributed by atoms with van der Waals surface area (Å²) in [5.41, 5.74) is 5.21. The number of carbonyl (C=O) groups is 2. The molecule has 3 saturated heterocycles. The van der Waals surface area contributed by atoms with Crippen molar-refractivity contribution in [2.75, 3.05) is 72.8 Å². The highest BCUT2D eigenvalue weighted by Gasteiger charge is 2.50. The van der Waals surface area contributed by atoms with E-state index in [4.69, 9.17) is 14.2 Å². The molecule has 5 aliphatic rings. The molecule has 0 bridgehead atoms. The van der Waals surface area contributed by atoms with Crippen LogP contribution in [-0.2, 0) is 22.6 Å². The molecular weight excluding hydrogens is 644 g/mol. The minimum atomic E-state index is -0.573. The lowest BCUT2D eigenvalue weighted by Crippen LogP contribution is -2.65. The topological polar surface area (TPSA) is 93.8 Å². The van der Waals surface area contributed by atoms with E-state index >= 15 is 0 Å². The van der Waals surface area contributed by atoms with Crippen LogP contribution in [0.3, 0.4) is 0 Å². The fraction of sp³-hybridized carbons (Fsp3) is 0.450. The molecule has 11 nitrogen and oxygen atoms in total. The minimum Gasteiger partial charge on any atom is -0.494 e. The minimum absolute atomic E-state index is 0.000121. The first-order valence-corrected chi connectivity index (χ1v) is 18.4. The molecular formula is C40H46N6O5. The monoisotopic (exact) mass is 690 g/mol. The van der Waals surface area contributed by atoms with Crippen molar-refractivity contribution >= 4 is 22.7 Å². The number of H-pyrrole nitrogens is 1. The summed E-state index contributed by atoms with van der Waals surface area (Å²) in [6, 6.07) is 21.5. The summed E-state index contributed by atoms with van der Waals surface area (Å²) < 4.78 is 17.4. The first-order chi connectivity index (χ1) is 25.0. The lowest BCUT2D eigenvalue weighted by atomic mass is 9.85. The van der Waals surface area contributed by atoms with Gasteiger partial charge in [-0.05, 0) is 66.9 Å². The first kappa shape index (κ1) is 32.3. The fourth-order valence-corrected chi connectivity index (χ4v) is 8.73. The second kappa shape index (κ2) is 13.5. The van der Waals surface area contributed by atoms with Gasteiger partial charge in [0.1, 0.15) is 18.3 Å². The van der Waals surface area contributed by atoms with E-state index in [0.29, 0.717) is 17.9 Å². The molecule has 11 heteroatoms. The van der Waals surface area contributed by atoms with Crippen molar-refractivity contribution in [1.29, 1.82) is 0 Å². The number of para-hydroxylation sites is 1. The van der Waals surface area contributed by atoms with Crippen molar-refractivity contribution < 1.29 is 23.8 Å². The summed E-state index contributed by atoms with van der Waals surface area (Å²) in [6.45, 7) is 9.06. The van der Waals surface area contributed by atoms with Gasteiger partial charge in [-0.2, -0.15) is 0 Å². The summed E-state index contributed by atoms with van der Waals surface area (Å²) in [4.78, 5) is 43.3. The van der Waals surface area contributed by atoms with Crippen LogP contribution in [0.1, 0.15) is 41.3 Å². The Morgan fingerprint density at radius 1 is 0.902 bits per heavy atom. The number of ether oxygens (including phenoxy) is 3. The van der Waals surface area contributed by atoms with E-state index in [1.54, 1.807) is 0 Å². The van der Waals surface area contributed by atoms with Gasteiger partial charge < -0.3 is 38.8 Å². The Bertz CT molecular complexity index is 1920. The number of nitrogens with zero attached hydrogens (tertiary/aromatic N) is 5. The number of rotatable bonds is 9. The fourth-order valence-electron chi connectivity index (χ4n) is 8.73. The van der Waals surface area contributed by atoms with Gasteiger partial charge in [-0.1, -0.05) is 36.4 Å². The average Bonchev–Trinajstić information content (AvgIpc) is 3.91. The highest BCUT2D eigenvalue weighted by atomic mass is 16.7. The van der Waals surface area contributed by atoms with E-state index in [2.05, 4.69) is 63.1 Å². The third kappa shape index (κ3) is 6.21. The second-order valence-electron chi connectivity index (χ2n) is 14.7. The van der Waals surface area contributed by atoms with Crippen LogP contribution in [0.5, 0.6) is 17.2 Å². The van der Waals surface area contributed by atoms with Crippen molar-refractivity contribution in [3.8, 4) is 17.2 Å². The number of nitrogens with one attached hydrogen (secondary N) is 1. The summed E-state index contributed by atoms with van der Waals surface area (Å²) >= 11 is 0. The van der Waals surface area contributed by atoms with Gasteiger partial charge in [0.15, 0.2) is 11.5 Å². The molecule has 0 unspecified atom stereocenters. The van der Waals surface area contributed by atoms with Crippen molar-refractivity contribution in [3.63, 3.8) is 0 Å². The molecule has 0 radical (unpaired) electrons. The Balaban J connectivity index is 0.860. The van der Waals surface area contributed by atoms with Gasteiger partial charge in [0.2, 0.25) is 18.6 Å². The number of aromatic amines is 1. The maximum absolute atomic E-state index is 14.5. The van der Waals surface area contributed by atoms with Crippen molar-refractivity contribution in [3.05, 3.63) is 89.1 Å². The standard InChI is InChI=1S/C40H46N6O5/c1-42-16-18-43(19-17-42)14-4-20-49-30-10-7-27(8-11-30)23-44-15-13-29(24-44)45-25-37(47)46-34(40(45)48)22-32-31-5-2-3-6-33(31)41-38(32)39(46)28-9-12-35-36(21-28)51-26-50-35/h2-3,5-12,21,29,34,39,41H,4,13-20,22-26H2,1H3/t29-,34-,39-/m1/s1. The molecule has 51 heavy (non-hydrogen) atoms. The molecule has 0 spiro atoms. The third-order valence-corrected chi connectivity index (χ3v) is 11.5. The molecule has 1 N–H and O–H groups in total. The Labute approximate surface area is 298 Å². The highest BCUT2D eigenvalue weighted by molar-refractivity contribution is 5.98. The molecule has 4 aromatic rings. The number of fused-ring (bicyclic) bond motifs is 5. The summed E-state index contributed by atoms with van der Waals surface area (Å²) in [5.74, 6) is 2.27. The maximum atomic E-state index is 14.5. The smallest absolute Gasteiger partial charge is 0.246 e. The quantitative estimate of drug-likeness (QED) is 0.265. The third-order valence-electron chi connectivity index (χ3n) is 11.5. The largest absolute Gasteiger partial charge is 0.494 e. The Hall–Kier alpha value is -4.58. The zero-order chi connectivity index (χ0) is 34.5. The van der Waals surface area contributed by atoms with E-state index in [1.165, 1.54) is 5.56 Å². The number of benzene rings is 3. The zero-order valence-electron chi connectivity index (χ0n) is 29.3. The zero-order valence-corrected chi connectivity index (χ0v) is 29.3. The van der Waals surface area contributed by atoms with Crippen LogP contribution in [0.15, 0.2) is 66.7 Å². The van der Waals surface area contributed by atoms with Crippen molar-refractivity contribution in [2.45, 2.75) is 43.9 Å². The maximum Gasteiger partial charge on any atom is 0.246 e. The Morgan fingerprint density at radius 3 is 2.59 bits per heavy atom. The number of hydrogen-bond acceptors (Lipinski definition) is 8. The van der Waals surface area contributed by atoms with Crippen LogP contribution >= 0.6 is 0 Å². The molecule has 1 aromatic heterocycles. The van der Waals surface area contributed by atoms with Gasteiger partial charge in [-0.25, -0.2) is 0 Å². The van der Waals surface area contributed by atoms with Crippen LogP contribution in [0, 0.1) is 0 Å². The summed E-state index contributed by atoms with van der Waals surface area (Å²) in [6.07, 6.45) is 2.37. The predicted molar refractivity (Wildman–Crippen MR) is 193 cm³/mol. The van der Waals surface area contributed by atoms with Gasteiger partial charge in [0.25, 0.3) is 0 Å². The number of amides is 2. The molecule has 6 heterocycles. The molecule has 3 atom stereocenters. The molecule has 0 saturated carbocycles.